The lowest BCUT2D eigenvalue weighted by atomic mass is 10.0. The van der Waals surface area contributed by atoms with Crippen LogP contribution in [-0.2, 0) is 9.53 Å². The Bertz CT molecular complexity index is 704. The molecule has 1 aliphatic rings. The van der Waals surface area contributed by atoms with Gasteiger partial charge in [0.05, 0.1) is 17.4 Å². The van der Waals surface area contributed by atoms with Crippen LogP contribution in [0.3, 0.4) is 0 Å². The summed E-state index contributed by atoms with van der Waals surface area (Å²) in [4.78, 5) is 33.0. The van der Waals surface area contributed by atoms with E-state index < -0.39 is 0 Å². The van der Waals surface area contributed by atoms with Crippen LogP contribution in [0.4, 0.5) is 0 Å². The van der Waals surface area contributed by atoms with Crippen LogP contribution in [0.25, 0.3) is 11.0 Å². The standard InChI is InChI=1S/C16H20N4O3/c1-23-9-15(21)20-6-4-12(5-7-20)19-16(22)11-2-3-13-14(8-11)18-10-17-13/h2-3,8,10,12H,4-7,9H2,1H3,(H,17,18)(H,19,22). The minimum atomic E-state index is -0.0943. The van der Waals surface area contributed by atoms with Crippen molar-refractivity contribution in [3.8, 4) is 0 Å². The van der Waals surface area contributed by atoms with E-state index in [1.807, 2.05) is 6.07 Å². The molecule has 1 aliphatic heterocycles. The first kappa shape index (κ1) is 15.5. The number of likely N-dealkylation sites (tertiary alicyclic amines) is 1. The van der Waals surface area contributed by atoms with E-state index in [9.17, 15) is 9.59 Å². The van der Waals surface area contributed by atoms with Gasteiger partial charge in [0, 0.05) is 31.8 Å². The van der Waals surface area contributed by atoms with Gasteiger partial charge in [0.15, 0.2) is 0 Å². The minimum Gasteiger partial charge on any atom is -0.375 e. The first-order valence-electron chi connectivity index (χ1n) is 7.68. The molecule has 23 heavy (non-hydrogen) atoms. The van der Waals surface area contributed by atoms with Crippen molar-refractivity contribution < 1.29 is 14.3 Å². The number of carbonyl (C=O) groups is 2. The normalized spacial score (nSPS) is 15.8. The molecule has 2 amide bonds. The number of imidazole rings is 1. The zero-order valence-corrected chi connectivity index (χ0v) is 13.0. The molecule has 1 saturated heterocycles. The van der Waals surface area contributed by atoms with Gasteiger partial charge < -0.3 is 19.9 Å². The van der Waals surface area contributed by atoms with E-state index in [-0.39, 0.29) is 24.5 Å². The van der Waals surface area contributed by atoms with Crippen LogP contribution in [0.1, 0.15) is 23.2 Å². The van der Waals surface area contributed by atoms with Gasteiger partial charge in [-0.25, -0.2) is 4.98 Å². The van der Waals surface area contributed by atoms with Gasteiger partial charge in [0.1, 0.15) is 6.61 Å². The summed E-state index contributed by atoms with van der Waals surface area (Å²) < 4.78 is 4.87. The van der Waals surface area contributed by atoms with E-state index in [4.69, 9.17) is 4.74 Å². The first-order chi connectivity index (χ1) is 11.2. The molecule has 0 atom stereocenters. The lowest BCUT2D eigenvalue weighted by Crippen LogP contribution is -2.47. The summed E-state index contributed by atoms with van der Waals surface area (Å²) in [7, 11) is 1.52. The van der Waals surface area contributed by atoms with Crippen molar-refractivity contribution >= 4 is 22.8 Å². The second-order valence-electron chi connectivity index (χ2n) is 5.70. The van der Waals surface area contributed by atoms with E-state index >= 15 is 0 Å². The molecule has 0 radical (unpaired) electrons. The zero-order chi connectivity index (χ0) is 16.2. The second kappa shape index (κ2) is 6.78. The van der Waals surface area contributed by atoms with Gasteiger partial charge in [-0.05, 0) is 31.0 Å². The Labute approximate surface area is 134 Å². The van der Waals surface area contributed by atoms with Gasteiger partial charge in [-0.1, -0.05) is 0 Å². The van der Waals surface area contributed by atoms with E-state index in [0.29, 0.717) is 18.7 Å². The van der Waals surface area contributed by atoms with Crippen LogP contribution >= 0.6 is 0 Å². The second-order valence-corrected chi connectivity index (χ2v) is 5.70. The number of ether oxygens (including phenoxy) is 1. The summed E-state index contributed by atoms with van der Waals surface area (Å²) >= 11 is 0. The number of nitrogens with zero attached hydrogens (tertiary/aromatic N) is 2. The molecule has 1 aromatic heterocycles. The molecular weight excluding hydrogens is 296 g/mol. The maximum atomic E-state index is 12.4. The fourth-order valence-corrected chi connectivity index (χ4v) is 2.83. The number of methoxy groups -OCH3 is 1. The maximum absolute atomic E-state index is 12.4. The van der Waals surface area contributed by atoms with Crippen molar-refractivity contribution in [2.75, 3.05) is 26.8 Å². The Hall–Kier alpha value is -2.41. The molecule has 3 rings (SSSR count). The molecule has 7 heteroatoms. The highest BCUT2D eigenvalue weighted by atomic mass is 16.5. The number of aromatic amines is 1. The molecule has 122 valence electrons. The van der Waals surface area contributed by atoms with Crippen molar-refractivity contribution in [3.05, 3.63) is 30.1 Å². The van der Waals surface area contributed by atoms with Crippen LogP contribution in [-0.4, -0.2) is 59.5 Å². The summed E-state index contributed by atoms with van der Waals surface area (Å²) in [5.74, 6) is -0.0925. The third-order valence-electron chi connectivity index (χ3n) is 4.13. The molecule has 0 unspecified atom stereocenters. The number of H-pyrrole nitrogens is 1. The number of hydrogen-bond acceptors (Lipinski definition) is 4. The first-order valence-corrected chi connectivity index (χ1v) is 7.68. The van der Waals surface area contributed by atoms with Crippen molar-refractivity contribution in [2.24, 2.45) is 0 Å². The number of hydrogen-bond donors (Lipinski definition) is 2. The summed E-state index contributed by atoms with van der Waals surface area (Å²) in [6, 6.07) is 5.49. The van der Waals surface area contributed by atoms with Crippen LogP contribution in [0.5, 0.6) is 0 Å². The smallest absolute Gasteiger partial charge is 0.251 e. The third kappa shape index (κ3) is 3.50. The topological polar surface area (TPSA) is 87.3 Å². The molecule has 2 aromatic rings. The molecule has 0 spiro atoms. The van der Waals surface area contributed by atoms with Gasteiger partial charge in [-0.3, -0.25) is 9.59 Å². The average Bonchev–Trinajstić information content (AvgIpc) is 3.03. The molecule has 7 nitrogen and oxygen atoms in total. The van der Waals surface area contributed by atoms with Crippen molar-refractivity contribution in [3.63, 3.8) is 0 Å². The Kier molecular flexibility index (Phi) is 4.57. The number of benzene rings is 1. The number of piperidine rings is 1. The SMILES string of the molecule is COCC(=O)N1CCC(NC(=O)c2ccc3nc[nH]c3c2)CC1. The molecule has 0 saturated carbocycles. The summed E-state index contributed by atoms with van der Waals surface area (Å²) in [5.41, 5.74) is 2.30. The number of carbonyl (C=O) groups excluding carboxylic acids is 2. The van der Waals surface area contributed by atoms with Crippen LogP contribution in [0.15, 0.2) is 24.5 Å². The molecule has 1 aromatic carbocycles. The predicted molar refractivity (Wildman–Crippen MR) is 85.0 cm³/mol. The minimum absolute atomic E-state index is 0.00183. The quantitative estimate of drug-likeness (QED) is 0.878. The lowest BCUT2D eigenvalue weighted by molar-refractivity contribution is -0.136. The monoisotopic (exact) mass is 316 g/mol. The molecule has 0 aliphatic carbocycles. The Balaban J connectivity index is 1.55. The van der Waals surface area contributed by atoms with E-state index in [0.717, 1.165) is 23.9 Å². The largest absolute Gasteiger partial charge is 0.375 e. The zero-order valence-electron chi connectivity index (χ0n) is 13.0. The van der Waals surface area contributed by atoms with Crippen molar-refractivity contribution in [1.82, 2.24) is 20.2 Å². The van der Waals surface area contributed by atoms with Crippen molar-refractivity contribution in [1.29, 1.82) is 0 Å². The highest BCUT2D eigenvalue weighted by Crippen LogP contribution is 2.14. The van der Waals surface area contributed by atoms with Crippen molar-refractivity contribution in [2.45, 2.75) is 18.9 Å². The van der Waals surface area contributed by atoms with Gasteiger partial charge in [0.25, 0.3) is 5.91 Å². The Morgan fingerprint density at radius 2 is 2.17 bits per heavy atom. The van der Waals surface area contributed by atoms with E-state index in [1.54, 1.807) is 23.4 Å². The highest BCUT2D eigenvalue weighted by Gasteiger charge is 2.24. The average molecular weight is 316 g/mol. The van der Waals surface area contributed by atoms with E-state index in [2.05, 4.69) is 15.3 Å². The number of nitrogens with one attached hydrogen (secondary N) is 2. The molecule has 1 fully saturated rings. The van der Waals surface area contributed by atoms with Gasteiger partial charge in [-0.15, -0.1) is 0 Å². The van der Waals surface area contributed by atoms with Gasteiger partial charge >= 0.3 is 0 Å². The van der Waals surface area contributed by atoms with E-state index in [1.165, 1.54) is 7.11 Å². The number of rotatable bonds is 4. The van der Waals surface area contributed by atoms with Gasteiger partial charge in [-0.2, -0.15) is 0 Å². The lowest BCUT2D eigenvalue weighted by Gasteiger charge is -2.32. The summed E-state index contributed by atoms with van der Waals surface area (Å²) in [6.45, 7) is 1.40. The predicted octanol–water partition coefficient (Wildman–Crippen LogP) is 0.930. The van der Waals surface area contributed by atoms with Crippen LogP contribution in [0.2, 0.25) is 0 Å². The highest BCUT2D eigenvalue weighted by molar-refractivity contribution is 5.97. The molecule has 2 heterocycles. The number of aromatic nitrogens is 2. The Morgan fingerprint density at radius 3 is 2.91 bits per heavy atom. The van der Waals surface area contributed by atoms with Gasteiger partial charge in [0.2, 0.25) is 5.91 Å². The fraction of sp³-hybridized carbons (Fsp3) is 0.438. The summed E-state index contributed by atoms with van der Waals surface area (Å²) in [6.07, 6.45) is 3.13. The third-order valence-corrected chi connectivity index (χ3v) is 4.13. The van der Waals surface area contributed by atoms with Crippen LogP contribution in [0, 0.1) is 0 Å². The van der Waals surface area contributed by atoms with Crippen LogP contribution < -0.4 is 5.32 Å². The molecular formula is C16H20N4O3. The summed E-state index contributed by atoms with van der Waals surface area (Å²) in [5, 5.41) is 3.04. The molecule has 2 N–H and O–H groups in total. The fourth-order valence-electron chi connectivity index (χ4n) is 2.83. The number of amides is 2. The maximum Gasteiger partial charge on any atom is 0.251 e. The number of fused-ring (bicyclic) bond motifs is 1. The Morgan fingerprint density at radius 1 is 1.39 bits per heavy atom. The molecule has 0 bridgehead atoms.